The Labute approximate surface area is 91.7 Å². The third kappa shape index (κ3) is 1.49. The van der Waals surface area contributed by atoms with E-state index in [1.165, 1.54) is 12.1 Å². The van der Waals surface area contributed by atoms with Gasteiger partial charge in [-0.25, -0.2) is 0 Å². The van der Waals surface area contributed by atoms with E-state index in [4.69, 9.17) is 5.73 Å². The van der Waals surface area contributed by atoms with Gasteiger partial charge < -0.3 is 5.73 Å². The molecule has 2 atom stereocenters. The van der Waals surface area contributed by atoms with E-state index in [2.05, 4.69) is 25.0 Å². The summed E-state index contributed by atoms with van der Waals surface area (Å²) in [5, 5.41) is 4.42. The summed E-state index contributed by atoms with van der Waals surface area (Å²) in [6, 6.07) is 2.19. The molecule has 0 radical (unpaired) electrons. The lowest BCUT2D eigenvalue weighted by molar-refractivity contribution is 0.463. The lowest BCUT2D eigenvalue weighted by Crippen LogP contribution is -2.26. The smallest absolute Gasteiger partial charge is 0.0596 e. The molecule has 3 heteroatoms. The van der Waals surface area contributed by atoms with Crippen molar-refractivity contribution in [3.8, 4) is 0 Å². The van der Waals surface area contributed by atoms with Crippen LogP contribution in [0.15, 0.2) is 6.07 Å². The van der Waals surface area contributed by atoms with Crippen LogP contribution in [-0.4, -0.2) is 16.3 Å². The van der Waals surface area contributed by atoms with Crippen LogP contribution in [0.4, 0.5) is 0 Å². The van der Waals surface area contributed by atoms with Crippen LogP contribution in [-0.2, 0) is 12.5 Å². The maximum atomic E-state index is 5.97. The first-order valence-corrected chi connectivity index (χ1v) is 5.72. The monoisotopic (exact) mass is 207 g/mol. The average Bonchev–Trinajstić information content (AvgIpc) is 2.81. The minimum Gasteiger partial charge on any atom is -0.330 e. The van der Waals surface area contributed by atoms with Gasteiger partial charge in [0.15, 0.2) is 0 Å². The normalized spacial score (nSPS) is 29.9. The summed E-state index contributed by atoms with van der Waals surface area (Å²) in [5.41, 5.74) is 8.59. The predicted octanol–water partition coefficient (Wildman–Crippen LogP) is 1.60. The van der Waals surface area contributed by atoms with Crippen LogP contribution in [0.1, 0.15) is 31.7 Å². The van der Waals surface area contributed by atoms with Crippen molar-refractivity contribution in [1.29, 1.82) is 0 Å². The van der Waals surface area contributed by atoms with Gasteiger partial charge in [-0.3, -0.25) is 4.68 Å². The number of hydrogen-bond acceptors (Lipinski definition) is 2. The molecular formula is C12H21N3. The van der Waals surface area contributed by atoms with Crippen LogP contribution >= 0.6 is 0 Å². The number of aromatic nitrogens is 2. The predicted molar refractivity (Wildman–Crippen MR) is 61.6 cm³/mol. The Balaban J connectivity index is 2.34. The molecule has 3 nitrogen and oxygen atoms in total. The van der Waals surface area contributed by atoms with Crippen LogP contribution in [0.3, 0.4) is 0 Å². The SMILES string of the molecule is Cc1cc(C2(CN)CC2C(C)C)n(C)n1. The first-order chi connectivity index (χ1) is 7.01. The molecule has 2 N–H and O–H groups in total. The zero-order valence-corrected chi connectivity index (χ0v) is 10.1. The molecule has 0 aromatic carbocycles. The van der Waals surface area contributed by atoms with E-state index in [0.29, 0.717) is 5.92 Å². The highest BCUT2D eigenvalue weighted by molar-refractivity contribution is 5.31. The van der Waals surface area contributed by atoms with Crippen molar-refractivity contribution in [1.82, 2.24) is 9.78 Å². The summed E-state index contributed by atoms with van der Waals surface area (Å²) in [4.78, 5) is 0. The molecule has 1 aromatic rings. The van der Waals surface area contributed by atoms with Crippen LogP contribution in [0.5, 0.6) is 0 Å². The van der Waals surface area contributed by atoms with E-state index in [9.17, 15) is 0 Å². The highest BCUT2D eigenvalue weighted by Gasteiger charge is 2.56. The fourth-order valence-corrected chi connectivity index (χ4v) is 2.92. The van der Waals surface area contributed by atoms with Crippen LogP contribution in [0, 0.1) is 18.8 Å². The molecule has 2 rings (SSSR count). The Morgan fingerprint density at radius 1 is 1.67 bits per heavy atom. The quantitative estimate of drug-likeness (QED) is 0.818. The Kier molecular flexibility index (Phi) is 2.38. The second kappa shape index (κ2) is 3.34. The van der Waals surface area contributed by atoms with Crippen molar-refractivity contribution in [3.63, 3.8) is 0 Å². The molecule has 0 spiro atoms. The first-order valence-electron chi connectivity index (χ1n) is 5.72. The molecule has 1 aliphatic carbocycles. The molecule has 0 amide bonds. The number of rotatable bonds is 3. The van der Waals surface area contributed by atoms with Gasteiger partial charge in [-0.1, -0.05) is 13.8 Å². The van der Waals surface area contributed by atoms with E-state index in [0.717, 1.165) is 18.2 Å². The highest BCUT2D eigenvalue weighted by Crippen LogP contribution is 2.57. The maximum Gasteiger partial charge on any atom is 0.0596 e. The van der Waals surface area contributed by atoms with E-state index >= 15 is 0 Å². The summed E-state index contributed by atoms with van der Waals surface area (Å²) in [7, 11) is 2.02. The van der Waals surface area contributed by atoms with Gasteiger partial charge in [0.2, 0.25) is 0 Å². The fourth-order valence-electron chi connectivity index (χ4n) is 2.92. The Bertz CT molecular complexity index is 367. The lowest BCUT2D eigenvalue weighted by Gasteiger charge is -2.17. The summed E-state index contributed by atoms with van der Waals surface area (Å²) in [6.45, 7) is 7.35. The second-order valence-corrected chi connectivity index (χ2v) is 5.21. The Morgan fingerprint density at radius 3 is 2.67 bits per heavy atom. The number of hydrogen-bond donors (Lipinski definition) is 1. The van der Waals surface area contributed by atoms with Crippen LogP contribution < -0.4 is 5.73 Å². The van der Waals surface area contributed by atoms with Crippen molar-refractivity contribution in [2.75, 3.05) is 6.54 Å². The van der Waals surface area contributed by atoms with Gasteiger partial charge in [0.25, 0.3) is 0 Å². The minimum atomic E-state index is 0.212. The fraction of sp³-hybridized carbons (Fsp3) is 0.750. The molecule has 1 heterocycles. The van der Waals surface area contributed by atoms with Crippen molar-refractivity contribution >= 4 is 0 Å². The molecule has 15 heavy (non-hydrogen) atoms. The highest BCUT2D eigenvalue weighted by atomic mass is 15.3. The Hall–Kier alpha value is -0.830. The van der Waals surface area contributed by atoms with Crippen LogP contribution in [0.2, 0.25) is 0 Å². The van der Waals surface area contributed by atoms with Gasteiger partial charge in [0.05, 0.1) is 5.69 Å². The molecule has 84 valence electrons. The minimum absolute atomic E-state index is 0.212. The third-order valence-electron chi connectivity index (χ3n) is 3.81. The van der Waals surface area contributed by atoms with Gasteiger partial charge in [0.1, 0.15) is 0 Å². The third-order valence-corrected chi connectivity index (χ3v) is 3.81. The topological polar surface area (TPSA) is 43.8 Å². The standard InChI is InChI=1S/C12H21N3/c1-8(2)10-6-12(10,7-13)11-5-9(3)14-15(11)4/h5,8,10H,6-7,13H2,1-4H3. The average molecular weight is 207 g/mol. The van der Waals surface area contributed by atoms with E-state index in [1.54, 1.807) is 0 Å². The molecule has 1 aliphatic rings. The molecule has 1 aromatic heterocycles. The summed E-state index contributed by atoms with van der Waals surface area (Å²) >= 11 is 0. The van der Waals surface area contributed by atoms with Gasteiger partial charge in [0, 0.05) is 24.7 Å². The molecule has 0 saturated heterocycles. The number of nitrogens with zero attached hydrogens (tertiary/aromatic N) is 2. The van der Waals surface area contributed by atoms with Gasteiger partial charge in [-0.15, -0.1) is 0 Å². The molecule has 2 unspecified atom stereocenters. The lowest BCUT2D eigenvalue weighted by atomic mass is 9.93. The second-order valence-electron chi connectivity index (χ2n) is 5.21. The van der Waals surface area contributed by atoms with E-state index in [-0.39, 0.29) is 5.41 Å². The zero-order chi connectivity index (χ0) is 11.2. The van der Waals surface area contributed by atoms with E-state index < -0.39 is 0 Å². The van der Waals surface area contributed by atoms with Gasteiger partial charge in [-0.05, 0) is 31.2 Å². The van der Waals surface area contributed by atoms with Crippen LogP contribution in [0.25, 0.3) is 0 Å². The molecule has 1 saturated carbocycles. The van der Waals surface area contributed by atoms with Crippen molar-refractivity contribution in [2.45, 2.75) is 32.6 Å². The van der Waals surface area contributed by atoms with Crippen molar-refractivity contribution in [2.24, 2.45) is 24.6 Å². The number of aryl methyl sites for hydroxylation is 2. The number of nitrogens with two attached hydrogens (primary N) is 1. The molecule has 0 aliphatic heterocycles. The van der Waals surface area contributed by atoms with E-state index in [1.807, 2.05) is 18.7 Å². The largest absolute Gasteiger partial charge is 0.330 e. The van der Waals surface area contributed by atoms with Gasteiger partial charge in [-0.2, -0.15) is 5.10 Å². The van der Waals surface area contributed by atoms with Gasteiger partial charge >= 0.3 is 0 Å². The summed E-state index contributed by atoms with van der Waals surface area (Å²) in [5.74, 6) is 1.45. The Morgan fingerprint density at radius 2 is 2.33 bits per heavy atom. The first kappa shape index (κ1) is 10.7. The molecule has 0 bridgehead atoms. The van der Waals surface area contributed by atoms with Crippen molar-refractivity contribution < 1.29 is 0 Å². The van der Waals surface area contributed by atoms with Crippen molar-refractivity contribution in [3.05, 3.63) is 17.5 Å². The zero-order valence-electron chi connectivity index (χ0n) is 10.1. The molecular weight excluding hydrogens is 186 g/mol. The molecule has 1 fully saturated rings. The summed E-state index contributed by atoms with van der Waals surface area (Å²) in [6.07, 6.45) is 1.22. The summed E-state index contributed by atoms with van der Waals surface area (Å²) < 4.78 is 2.00. The maximum absolute atomic E-state index is 5.97.